The van der Waals surface area contributed by atoms with Crippen LogP contribution in [0.25, 0.3) is 0 Å². The molecule has 20 heavy (non-hydrogen) atoms. The molecule has 0 unspecified atom stereocenters. The second-order valence-corrected chi connectivity index (χ2v) is 5.68. The average Bonchev–Trinajstić information content (AvgIpc) is 2.78. The summed E-state index contributed by atoms with van der Waals surface area (Å²) in [7, 11) is 3.99. The van der Waals surface area contributed by atoms with E-state index in [2.05, 4.69) is 30.9 Å². The van der Waals surface area contributed by atoms with Gasteiger partial charge in [-0.2, -0.15) is 5.10 Å². The number of Topliss-reactive ketones (excluding diaryl/α,β-unsaturated/α-hetero) is 1. The van der Waals surface area contributed by atoms with Crippen LogP contribution in [-0.2, 0) is 13.0 Å². The molecule has 0 saturated heterocycles. The molecule has 5 nitrogen and oxygen atoms in total. The van der Waals surface area contributed by atoms with E-state index < -0.39 is 0 Å². The Hall–Kier alpha value is -1.53. The van der Waals surface area contributed by atoms with Gasteiger partial charge < -0.3 is 4.90 Å². The number of nitrogens with zero attached hydrogens (tertiary/aromatic N) is 4. The molecule has 0 saturated carbocycles. The highest BCUT2D eigenvalue weighted by atomic mass is 79.9. The van der Waals surface area contributed by atoms with Crippen molar-refractivity contribution in [3.05, 3.63) is 46.5 Å². The van der Waals surface area contributed by atoms with E-state index in [-0.39, 0.29) is 5.78 Å². The Morgan fingerprint density at radius 2 is 2.05 bits per heavy atom. The van der Waals surface area contributed by atoms with Crippen molar-refractivity contribution < 1.29 is 4.79 Å². The molecule has 0 aromatic carbocycles. The summed E-state index contributed by atoms with van der Waals surface area (Å²) in [6, 6.07) is 3.71. The molecule has 0 aliphatic heterocycles. The fourth-order valence-corrected chi connectivity index (χ4v) is 2.39. The molecule has 0 spiro atoms. The molecule has 2 aromatic rings. The number of hydrogen-bond acceptors (Lipinski definition) is 4. The van der Waals surface area contributed by atoms with E-state index in [0.717, 1.165) is 16.6 Å². The zero-order valence-electron chi connectivity index (χ0n) is 11.6. The number of carbonyl (C=O) groups excluding carboxylic acids is 1. The first kappa shape index (κ1) is 14.9. The van der Waals surface area contributed by atoms with Crippen LogP contribution in [0, 0.1) is 0 Å². The molecule has 2 aromatic heterocycles. The van der Waals surface area contributed by atoms with Gasteiger partial charge in [0.05, 0.1) is 17.2 Å². The van der Waals surface area contributed by atoms with Gasteiger partial charge in [0.1, 0.15) is 5.69 Å². The minimum Gasteiger partial charge on any atom is -0.308 e. The summed E-state index contributed by atoms with van der Waals surface area (Å²) in [4.78, 5) is 18.5. The zero-order chi connectivity index (χ0) is 14.5. The number of aromatic nitrogens is 3. The highest BCUT2D eigenvalue weighted by Gasteiger charge is 2.17. The molecule has 0 fully saturated rings. The Morgan fingerprint density at radius 3 is 2.70 bits per heavy atom. The van der Waals surface area contributed by atoms with Gasteiger partial charge >= 0.3 is 0 Å². The summed E-state index contributed by atoms with van der Waals surface area (Å²) in [5, 5.41) is 4.26. The maximum absolute atomic E-state index is 12.4. The van der Waals surface area contributed by atoms with Crippen molar-refractivity contribution in [2.75, 3.05) is 20.6 Å². The topological polar surface area (TPSA) is 51.0 Å². The third-order valence-electron chi connectivity index (χ3n) is 2.93. The first-order valence-electron chi connectivity index (χ1n) is 6.36. The molecule has 0 aliphatic rings. The van der Waals surface area contributed by atoms with Crippen molar-refractivity contribution in [1.29, 1.82) is 0 Å². The van der Waals surface area contributed by atoms with E-state index in [1.165, 1.54) is 0 Å². The highest BCUT2D eigenvalue weighted by Crippen LogP contribution is 2.18. The third kappa shape index (κ3) is 3.74. The van der Waals surface area contributed by atoms with Gasteiger partial charge in [-0.3, -0.25) is 14.5 Å². The van der Waals surface area contributed by atoms with Crippen LogP contribution in [0.15, 0.2) is 35.2 Å². The molecule has 0 bridgehead atoms. The average molecular weight is 337 g/mol. The molecule has 6 heteroatoms. The van der Waals surface area contributed by atoms with Gasteiger partial charge in [-0.1, -0.05) is 0 Å². The number of likely N-dealkylation sites (N-methyl/N-ethyl adjacent to an activating group) is 1. The molecular weight excluding hydrogens is 320 g/mol. The van der Waals surface area contributed by atoms with Gasteiger partial charge in [0.2, 0.25) is 0 Å². The Kier molecular flexibility index (Phi) is 5.03. The summed E-state index contributed by atoms with van der Waals surface area (Å²) >= 11 is 3.41. The summed E-state index contributed by atoms with van der Waals surface area (Å²) in [6.45, 7) is 1.53. The summed E-state index contributed by atoms with van der Waals surface area (Å²) in [6.07, 6.45) is 5.42. The number of pyridine rings is 1. The summed E-state index contributed by atoms with van der Waals surface area (Å²) in [5.41, 5.74) is 1.58. The highest BCUT2D eigenvalue weighted by molar-refractivity contribution is 9.10. The van der Waals surface area contributed by atoms with Gasteiger partial charge in [-0.05, 0) is 47.7 Å². The fourth-order valence-electron chi connectivity index (χ4n) is 1.87. The largest absolute Gasteiger partial charge is 0.308 e. The predicted octanol–water partition coefficient (Wildman–Crippen LogP) is 2.03. The summed E-state index contributed by atoms with van der Waals surface area (Å²) in [5.74, 6) is 0.0549. The monoisotopic (exact) mass is 336 g/mol. The van der Waals surface area contributed by atoms with Crippen molar-refractivity contribution in [3.63, 3.8) is 0 Å². The maximum atomic E-state index is 12.4. The van der Waals surface area contributed by atoms with Gasteiger partial charge in [-0.15, -0.1) is 0 Å². The Balaban J connectivity index is 2.15. The zero-order valence-corrected chi connectivity index (χ0v) is 13.2. The second kappa shape index (κ2) is 6.76. The van der Waals surface area contributed by atoms with E-state index in [4.69, 9.17) is 0 Å². The predicted molar refractivity (Wildman–Crippen MR) is 80.8 cm³/mol. The van der Waals surface area contributed by atoms with Gasteiger partial charge in [-0.25, -0.2) is 0 Å². The van der Waals surface area contributed by atoms with E-state index in [1.807, 2.05) is 26.2 Å². The fraction of sp³-hybridized carbons (Fsp3) is 0.357. The molecule has 106 valence electrons. The van der Waals surface area contributed by atoms with E-state index in [0.29, 0.717) is 18.7 Å². The third-order valence-corrected chi connectivity index (χ3v) is 3.51. The smallest absolute Gasteiger partial charge is 0.186 e. The van der Waals surface area contributed by atoms with Crippen molar-refractivity contribution in [1.82, 2.24) is 19.7 Å². The van der Waals surface area contributed by atoms with Crippen molar-refractivity contribution >= 4 is 21.7 Å². The van der Waals surface area contributed by atoms with Gasteiger partial charge in [0, 0.05) is 25.4 Å². The van der Waals surface area contributed by atoms with Crippen LogP contribution < -0.4 is 0 Å². The lowest BCUT2D eigenvalue weighted by atomic mass is 10.1. The molecule has 0 N–H and O–H groups in total. The molecule has 0 atom stereocenters. The van der Waals surface area contributed by atoms with Gasteiger partial charge in [0.15, 0.2) is 5.78 Å². The Bertz CT molecular complexity index is 580. The van der Waals surface area contributed by atoms with Crippen molar-refractivity contribution in [2.24, 2.45) is 0 Å². The molecule has 0 amide bonds. The summed E-state index contributed by atoms with van der Waals surface area (Å²) < 4.78 is 2.50. The van der Waals surface area contributed by atoms with Crippen LogP contribution in [0.3, 0.4) is 0 Å². The molecular formula is C14H17BrN4O. The normalized spacial score (nSPS) is 11.0. The Labute approximate surface area is 126 Å². The lowest BCUT2D eigenvalue weighted by Crippen LogP contribution is -2.22. The SMILES string of the molecule is CN(C)CCn1ncc(Br)c1C(=O)Cc1ccncc1. The number of rotatable bonds is 6. The van der Waals surface area contributed by atoms with E-state index >= 15 is 0 Å². The molecule has 2 rings (SSSR count). The van der Waals surface area contributed by atoms with Crippen LogP contribution in [-0.4, -0.2) is 46.1 Å². The Morgan fingerprint density at radius 1 is 1.35 bits per heavy atom. The van der Waals surface area contributed by atoms with Crippen LogP contribution >= 0.6 is 15.9 Å². The first-order chi connectivity index (χ1) is 9.58. The maximum Gasteiger partial charge on any atom is 0.186 e. The minimum absolute atomic E-state index is 0.0549. The first-order valence-corrected chi connectivity index (χ1v) is 7.15. The second-order valence-electron chi connectivity index (χ2n) is 4.82. The van der Waals surface area contributed by atoms with Crippen molar-refractivity contribution in [3.8, 4) is 0 Å². The van der Waals surface area contributed by atoms with Crippen LogP contribution in [0.5, 0.6) is 0 Å². The van der Waals surface area contributed by atoms with Crippen LogP contribution in [0.4, 0.5) is 0 Å². The number of carbonyl (C=O) groups is 1. The standard InChI is InChI=1S/C14H17BrN4O/c1-18(2)7-8-19-14(12(15)10-17-19)13(20)9-11-3-5-16-6-4-11/h3-6,10H,7-9H2,1-2H3. The van der Waals surface area contributed by atoms with Gasteiger partial charge in [0.25, 0.3) is 0 Å². The quantitative estimate of drug-likeness (QED) is 0.757. The molecule has 0 aliphatic carbocycles. The van der Waals surface area contributed by atoms with Crippen molar-refractivity contribution in [2.45, 2.75) is 13.0 Å². The molecule has 2 heterocycles. The van der Waals surface area contributed by atoms with Crippen LogP contribution in [0.2, 0.25) is 0 Å². The molecule has 0 radical (unpaired) electrons. The number of ketones is 1. The van der Waals surface area contributed by atoms with E-state index in [1.54, 1.807) is 23.3 Å². The van der Waals surface area contributed by atoms with E-state index in [9.17, 15) is 4.79 Å². The number of hydrogen-bond donors (Lipinski definition) is 0. The lowest BCUT2D eigenvalue weighted by molar-refractivity contribution is 0.0981. The van der Waals surface area contributed by atoms with Crippen LogP contribution in [0.1, 0.15) is 16.1 Å². The lowest BCUT2D eigenvalue weighted by Gasteiger charge is -2.11. The number of halogens is 1. The minimum atomic E-state index is 0.0549.